The van der Waals surface area contributed by atoms with Crippen LogP contribution in [0.15, 0.2) is 22.8 Å². The molecule has 0 saturated carbocycles. The lowest BCUT2D eigenvalue weighted by Crippen LogP contribution is -2.36. The Hall–Kier alpha value is -1.29. The summed E-state index contributed by atoms with van der Waals surface area (Å²) in [6, 6.07) is 3.70. The van der Waals surface area contributed by atoms with Crippen molar-refractivity contribution in [1.29, 1.82) is 0 Å². The van der Waals surface area contributed by atoms with E-state index in [1.807, 2.05) is 26.0 Å². The predicted octanol–water partition coefficient (Wildman–Crippen LogP) is 1.48. The summed E-state index contributed by atoms with van der Waals surface area (Å²) in [6.45, 7) is 6.10. The first-order valence-corrected chi connectivity index (χ1v) is 5.63. The lowest BCUT2D eigenvalue weighted by Gasteiger charge is -2.20. The Morgan fingerprint density at radius 3 is 2.94 bits per heavy atom. The fraction of sp³-hybridized carbons (Fsp3) is 0.583. The number of hydrogen-bond donors (Lipinski definition) is 1. The van der Waals surface area contributed by atoms with Crippen LogP contribution >= 0.6 is 0 Å². The Morgan fingerprint density at radius 1 is 1.62 bits per heavy atom. The highest BCUT2D eigenvalue weighted by atomic mass is 16.3. The molecule has 0 saturated heterocycles. The first-order chi connectivity index (χ1) is 7.65. The van der Waals surface area contributed by atoms with E-state index in [1.165, 1.54) is 0 Å². The number of carbonyl (C=O) groups is 1. The third kappa shape index (κ3) is 3.70. The van der Waals surface area contributed by atoms with Gasteiger partial charge in [-0.3, -0.25) is 4.79 Å². The van der Waals surface area contributed by atoms with Crippen LogP contribution in [0.25, 0.3) is 0 Å². The van der Waals surface area contributed by atoms with Crippen molar-refractivity contribution in [3.05, 3.63) is 24.2 Å². The zero-order chi connectivity index (χ0) is 12.0. The van der Waals surface area contributed by atoms with Crippen molar-refractivity contribution in [2.75, 3.05) is 20.1 Å². The zero-order valence-corrected chi connectivity index (χ0v) is 10.2. The third-order valence-corrected chi connectivity index (χ3v) is 2.47. The zero-order valence-electron chi connectivity index (χ0n) is 10.2. The van der Waals surface area contributed by atoms with E-state index in [0.29, 0.717) is 6.54 Å². The Labute approximate surface area is 96.6 Å². The van der Waals surface area contributed by atoms with E-state index in [-0.39, 0.29) is 11.8 Å². The van der Waals surface area contributed by atoms with Crippen LogP contribution in [0, 0.1) is 5.92 Å². The number of rotatable bonds is 6. The Bertz CT molecular complexity index is 309. The van der Waals surface area contributed by atoms with Crippen molar-refractivity contribution < 1.29 is 9.21 Å². The van der Waals surface area contributed by atoms with Gasteiger partial charge in [-0.25, -0.2) is 0 Å². The average Bonchev–Trinajstić information content (AvgIpc) is 2.77. The van der Waals surface area contributed by atoms with Crippen LogP contribution in [0.4, 0.5) is 0 Å². The Balaban J connectivity index is 2.41. The first-order valence-electron chi connectivity index (χ1n) is 5.63. The fourth-order valence-electron chi connectivity index (χ4n) is 1.54. The van der Waals surface area contributed by atoms with Crippen molar-refractivity contribution in [2.24, 2.45) is 5.92 Å². The number of carbonyl (C=O) groups excluding carboxylic acids is 1. The quantitative estimate of drug-likeness (QED) is 0.796. The monoisotopic (exact) mass is 224 g/mol. The summed E-state index contributed by atoms with van der Waals surface area (Å²) in [5.74, 6) is 0.948. The molecule has 1 unspecified atom stereocenters. The Kier molecular flexibility index (Phi) is 5.05. The van der Waals surface area contributed by atoms with Crippen molar-refractivity contribution >= 4 is 5.91 Å². The maximum Gasteiger partial charge on any atom is 0.226 e. The summed E-state index contributed by atoms with van der Waals surface area (Å²) in [5.41, 5.74) is 0. The minimum atomic E-state index is -0.0000813. The van der Waals surface area contributed by atoms with Gasteiger partial charge in [0.15, 0.2) is 0 Å². The summed E-state index contributed by atoms with van der Waals surface area (Å²) in [5, 5.41) is 3.17. The van der Waals surface area contributed by atoms with Crippen LogP contribution in [0.2, 0.25) is 0 Å². The van der Waals surface area contributed by atoms with Crippen LogP contribution in [0.5, 0.6) is 0 Å². The topological polar surface area (TPSA) is 45.5 Å². The molecule has 1 rings (SSSR count). The molecule has 0 fully saturated rings. The van der Waals surface area contributed by atoms with Crippen molar-refractivity contribution in [3.63, 3.8) is 0 Å². The number of amides is 1. The summed E-state index contributed by atoms with van der Waals surface area (Å²) < 4.78 is 5.21. The number of hydrogen-bond acceptors (Lipinski definition) is 3. The van der Waals surface area contributed by atoms with Gasteiger partial charge in [0.2, 0.25) is 5.91 Å². The standard InChI is InChI=1S/C12H20N2O2/c1-4-13-8-10(2)12(15)14(3)9-11-6-5-7-16-11/h5-7,10,13H,4,8-9H2,1-3H3. The van der Waals surface area contributed by atoms with Gasteiger partial charge in [0.25, 0.3) is 0 Å². The summed E-state index contributed by atoms with van der Waals surface area (Å²) in [6.07, 6.45) is 1.62. The SMILES string of the molecule is CCNCC(C)C(=O)N(C)Cc1ccco1. The maximum absolute atomic E-state index is 11.9. The highest BCUT2D eigenvalue weighted by molar-refractivity contribution is 5.78. The Morgan fingerprint density at radius 2 is 2.38 bits per heavy atom. The van der Waals surface area contributed by atoms with Crippen LogP contribution < -0.4 is 5.32 Å². The van der Waals surface area contributed by atoms with Crippen LogP contribution in [0.3, 0.4) is 0 Å². The molecule has 1 N–H and O–H groups in total. The average molecular weight is 224 g/mol. The summed E-state index contributed by atoms with van der Waals surface area (Å²) in [4.78, 5) is 13.6. The van der Waals surface area contributed by atoms with Gasteiger partial charge >= 0.3 is 0 Å². The van der Waals surface area contributed by atoms with Crippen LogP contribution in [-0.4, -0.2) is 30.9 Å². The second-order valence-electron chi connectivity index (χ2n) is 3.98. The van der Waals surface area contributed by atoms with Crippen LogP contribution in [-0.2, 0) is 11.3 Å². The van der Waals surface area contributed by atoms with Gasteiger partial charge in [0.05, 0.1) is 12.8 Å². The van der Waals surface area contributed by atoms with Gasteiger partial charge in [-0.1, -0.05) is 13.8 Å². The predicted molar refractivity (Wildman–Crippen MR) is 62.9 cm³/mol. The van der Waals surface area contributed by atoms with E-state index >= 15 is 0 Å². The van der Waals surface area contributed by atoms with E-state index in [9.17, 15) is 4.79 Å². The molecule has 0 aliphatic carbocycles. The van der Waals surface area contributed by atoms with E-state index < -0.39 is 0 Å². The summed E-state index contributed by atoms with van der Waals surface area (Å²) in [7, 11) is 1.80. The molecule has 0 spiro atoms. The van der Waals surface area contributed by atoms with Gasteiger partial charge in [0.1, 0.15) is 5.76 Å². The van der Waals surface area contributed by atoms with Gasteiger partial charge in [0, 0.05) is 19.5 Å². The van der Waals surface area contributed by atoms with Crippen molar-refractivity contribution in [2.45, 2.75) is 20.4 Å². The number of furan rings is 1. The molecule has 1 amide bonds. The second-order valence-corrected chi connectivity index (χ2v) is 3.98. The lowest BCUT2D eigenvalue weighted by molar-refractivity contribution is -0.134. The van der Waals surface area contributed by atoms with E-state index in [4.69, 9.17) is 4.42 Å². The normalized spacial score (nSPS) is 12.4. The minimum absolute atomic E-state index is 0.0000813. The molecule has 0 aliphatic rings. The molecular formula is C12H20N2O2. The van der Waals surface area contributed by atoms with Crippen LogP contribution in [0.1, 0.15) is 19.6 Å². The molecule has 90 valence electrons. The molecule has 0 radical (unpaired) electrons. The van der Waals surface area contributed by atoms with Crippen molar-refractivity contribution in [1.82, 2.24) is 10.2 Å². The molecular weight excluding hydrogens is 204 g/mol. The molecule has 1 aromatic rings. The molecule has 1 heterocycles. The van der Waals surface area contributed by atoms with Gasteiger partial charge in [-0.15, -0.1) is 0 Å². The van der Waals surface area contributed by atoms with Gasteiger partial charge in [-0.2, -0.15) is 0 Å². The first kappa shape index (κ1) is 12.8. The van der Waals surface area contributed by atoms with Gasteiger partial charge in [-0.05, 0) is 18.7 Å². The second kappa shape index (κ2) is 6.33. The van der Waals surface area contributed by atoms with E-state index in [0.717, 1.165) is 18.8 Å². The number of nitrogens with zero attached hydrogens (tertiary/aromatic N) is 1. The molecule has 4 heteroatoms. The molecule has 4 nitrogen and oxygen atoms in total. The van der Waals surface area contributed by atoms with Crippen molar-refractivity contribution in [3.8, 4) is 0 Å². The maximum atomic E-state index is 11.9. The third-order valence-electron chi connectivity index (χ3n) is 2.47. The van der Waals surface area contributed by atoms with E-state index in [1.54, 1.807) is 18.2 Å². The molecule has 0 bridgehead atoms. The smallest absolute Gasteiger partial charge is 0.226 e. The fourth-order valence-corrected chi connectivity index (χ4v) is 1.54. The minimum Gasteiger partial charge on any atom is -0.467 e. The summed E-state index contributed by atoms with van der Waals surface area (Å²) >= 11 is 0. The molecule has 0 aromatic carbocycles. The molecule has 1 aromatic heterocycles. The molecule has 0 aliphatic heterocycles. The molecule has 1 atom stereocenters. The highest BCUT2D eigenvalue weighted by Crippen LogP contribution is 2.07. The number of nitrogens with one attached hydrogen (secondary N) is 1. The van der Waals surface area contributed by atoms with E-state index in [2.05, 4.69) is 5.32 Å². The largest absolute Gasteiger partial charge is 0.467 e. The van der Waals surface area contributed by atoms with Gasteiger partial charge < -0.3 is 14.6 Å². The lowest BCUT2D eigenvalue weighted by atomic mass is 10.1. The molecule has 16 heavy (non-hydrogen) atoms. The highest BCUT2D eigenvalue weighted by Gasteiger charge is 2.17.